The number of halogens is 1. The number of rotatable bonds is 8. The number of ether oxygens (including phenoxy) is 1. The maximum absolute atomic E-state index is 5.65. The van der Waals surface area contributed by atoms with E-state index in [9.17, 15) is 0 Å². The van der Waals surface area contributed by atoms with Crippen molar-refractivity contribution in [1.29, 1.82) is 0 Å². The van der Waals surface area contributed by atoms with E-state index >= 15 is 0 Å². The SMILES string of the molecule is CN=C(NCC(c1ccccc1OC)N1CCCC1)N(C)CCc1cccs1.I. The summed E-state index contributed by atoms with van der Waals surface area (Å²) in [4.78, 5) is 10.7. The second-order valence-corrected chi connectivity index (χ2v) is 8.21. The number of nitrogens with zero attached hydrogens (tertiary/aromatic N) is 3. The van der Waals surface area contributed by atoms with Gasteiger partial charge in [0, 0.05) is 37.6 Å². The molecule has 1 aliphatic heterocycles. The Morgan fingerprint density at radius 3 is 2.66 bits per heavy atom. The van der Waals surface area contributed by atoms with Gasteiger partial charge in [0.25, 0.3) is 0 Å². The summed E-state index contributed by atoms with van der Waals surface area (Å²) in [6.45, 7) is 4.04. The number of guanidine groups is 1. The highest BCUT2D eigenvalue weighted by Gasteiger charge is 2.26. The number of hydrogen-bond acceptors (Lipinski definition) is 4. The fourth-order valence-corrected chi connectivity index (χ4v) is 4.54. The van der Waals surface area contributed by atoms with Gasteiger partial charge in [-0.3, -0.25) is 9.89 Å². The maximum atomic E-state index is 5.65. The Bertz CT molecular complexity index is 747. The summed E-state index contributed by atoms with van der Waals surface area (Å²) in [5.74, 6) is 1.90. The number of benzene rings is 1. The van der Waals surface area contributed by atoms with E-state index in [0.717, 1.165) is 44.3 Å². The summed E-state index contributed by atoms with van der Waals surface area (Å²) < 4.78 is 5.65. The number of aliphatic imine (C=N–C) groups is 1. The molecule has 1 fully saturated rings. The molecule has 5 nitrogen and oxygen atoms in total. The van der Waals surface area contributed by atoms with Gasteiger partial charge in [-0.05, 0) is 49.9 Å². The number of likely N-dealkylation sites (tertiary alicyclic amines) is 1. The Morgan fingerprint density at radius 2 is 2.00 bits per heavy atom. The fraction of sp³-hybridized carbons (Fsp3) is 0.500. The van der Waals surface area contributed by atoms with E-state index in [0.29, 0.717) is 0 Å². The van der Waals surface area contributed by atoms with Gasteiger partial charge in [-0.1, -0.05) is 24.3 Å². The Hall–Kier alpha value is -1.32. The third kappa shape index (κ3) is 6.58. The molecule has 1 atom stereocenters. The molecule has 2 aromatic rings. The highest BCUT2D eigenvalue weighted by Crippen LogP contribution is 2.31. The van der Waals surface area contributed by atoms with Crippen molar-refractivity contribution in [3.8, 4) is 5.75 Å². The molecule has 0 saturated carbocycles. The molecule has 0 radical (unpaired) electrons. The van der Waals surface area contributed by atoms with Crippen molar-refractivity contribution in [2.24, 2.45) is 4.99 Å². The Morgan fingerprint density at radius 1 is 1.24 bits per heavy atom. The number of methoxy groups -OCH3 is 1. The van der Waals surface area contributed by atoms with Crippen LogP contribution in [-0.4, -0.2) is 63.1 Å². The van der Waals surface area contributed by atoms with Gasteiger partial charge in [0.1, 0.15) is 5.75 Å². The van der Waals surface area contributed by atoms with Gasteiger partial charge < -0.3 is 15.0 Å². The molecule has 0 spiro atoms. The first kappa shape index (κ1) is 24.0. The lowest BCUT2D eigenvalue weighted by Gasteiger charge is -2.31. The minimum absolute atomic E-state index is 0. The predicted octanol–water partition coefficient (Wildman–Crippen LogP) is 4.26. The minimum Gasteiger partial charge on any atom is -0.496 e. The zero-order valence-corrected chi connectivity index (χ0v) is 20.8. The van der Waals surface area contributed by atoms with E-state index < -0.39 is 0 Å². The number of likely N-dealkylation sites (N-methyl/N-ethyl adjacent to an activating group) is 1. The molecule has 1 saturated heterocycles. The van der Waals surface area contributed by atoms with E-state index in [4.69, 9.17) is 4.74 Å². The van der Waals surface area contributed by atoms with Crippen LogP contribution in [0.5, 0.6) is 5.75 Å². The molecule has 1 aromatic heterocycles. The number of para-hydroxylation sites is 1. The van der Waals surface area contributed by atoms with E-state index in [1.54, 1.807) is 7.11 Å². The van der Waals surface area contributed by atoms with Crippen LogP contribution in [0, 0.1) is 0 Å². The quantitative estimate of drug-likeness (QED) is 0.316. The van der Waals surface area contributed by atoms with Crippen molar-refractivity contribution in [1.82, 2.24) is 15.1 Å². The van der Waals surface area contributed by atoms with Crippen molar-refractivity contribution in [3.63, 3.8) is 0 Å². The molecule has 0 aliphatic carbocycles. The second-order valence-electron chi connectivity index (χ2n) is 7.18. The van der Waals surface area contributed by atoms with Crippen molar-refractivity contribution in [2.45, 2.75) is 25.3 Å². The molecule has 2 heterocycles. The zero-order valence-electron chi connectivity index (χ0n) is 17.6. The van der Waals surface area contributed by atoms with Crippen LogP contribution < -0.4 is 10.1 Å². The van der Waals surface area contributed by atoms with E-state index in [-0.39, 0.29) is 30.0 Å². The van der Waals surface area contributed by atoms with Crippen molar-refractivity contribution in [3.05, 3.63) is 52.2 Å². The smallest absolute Gasteiger partial charge is 0.193 e. The topological polar surface area (TPSA) is 40.1 Å². The predicted molar refractivity (Wildman–Crippen MR) is 134 cm³/mol. The molecular weight excluding hydrogens is 495 g/mol. The Balaban J connectivity index is 0.00000300. The summed E-state index contributed by atoms with van der Waals surface area (Å²) in [6, 6.07) is 13.0. The van der Waals surface area contributed by atoms with Crippen molar-refractivity contribution < 1.29 is 4.74 Å². The lowest BCUT2D eigenvalue weighted by Crippen LogP contribution is -2.44. The van der Waals surface area contributed by atoms with Crippen LogP contribution in [0.4, 0.5) is 0 Å². The average molecular weight is 529 g/mol. The van der Waals surface area contributed by atoms with E-state index in [1.807, 2.05) is 24.5 Å². The summed E-state index contributed by atoms with van der Waals surface area (Å²) in [6.07, 6.45) is 3.57. The average Bonchev–Trinajstić information content (AvgIpc) is 3.44. The van der Waals surface area contributed by atoms with Crippen LogP contribution in [-0.2, 0) is 6.42 Å². The van der Waals surface area contributed by atoms with Gasteiger partial charge in [-0.25, -0.2) is 0 Å². The number of thiophene rings is 1. The van der Waals surface area contributed by atoms with E-state index in [2.05, 4.69) is 62.9 Å². The Labute approximate surface area is 196 Å². The first-order chi connectivity index (χ1) is 13.7. The van der Waals surface area contributed by atoms with Gasteiger partial charge in [-0.2, -0.15) is 0 Å². The highest BCUT2D eigenvalue weighted by molar-refractivity contribution is 14.0. The summed E-state index contributed by atoms with van der Waals surface area (Å²) in [7, 11) is 5.72. The maximum Gasteiger partial charge on any atom is 0.193 e. The Kier molecular flexibility index (Phi) is 10.2. The van der Waals surface area contributed by atoms with Crippen LogP contribution in [0.15, 0.2) is 46.8 Å². The highest BCUT2D eigenvalue weighted by atomic mass is 127. The van der Waals surface area contributed by atoms with Gasteiger partial charge in [-0.15, -0.1) is 35.3 Å². The fourth-order valence-electron chi connectivity index (χ4n) is 3.84. The second kappa shape index (κ2) is 12.4. The molecule has 1 unspecified atom stereocenters. The lowest BCUT2D eigenvalue weighted by atomic mass is 10.0. The number of nitrogens with one attached hydrogen (secondary N) is 1. The van der Waals surface area contributed by atoms with Crippen LogP contribution in [0.1, 0.15) is 29.3 Å². The monoisotopic (exact) mass is 528 g/mol. The van der Waals surface area contributed by atoms with Gasteiger partial charge in [0.15, 0.2) is 5.96 Å². The van der Waals surface area contributed by atoms with Gasteiger partial charge in [0.05, 0.1) is 13.2 Å². The molecule has 0 amide bonds. The molecule has 1 N–H and O–H groups in total. The first-order valence-corrected chi connectivity index (χ1v) is 10.9. The molecular formula is C22H33IN4OS. The van der Waals surface area contributed by atoms with Crippen LogP contribution in [0.25, 0.3) is 0 Å². The summed E-state index contributed by atoms with van der Waals surface area (Å²) >= 11 is 1.81. The van der Waals surface area contributed by atoms with Crippen molar-refractivity contribution in [2.75, 3.05) is 47.4 Å². The van der Waals surface area contributed by atoms with Gasteiger partial charge in [0.2, 0.25) is 0 Å². The minimum atomic E-state index is 0. The summed E-state index contributed by atoms with van der Waals surface area (Å²) in [5, 5.41) is 5.74. The normalized spacial score (nSPS) is 15.6. The third-order valence-corrected chi connectivity index (χ3v) is 6.32. The molecule has 29 heavy (non-hydrogen) atoms. The third-order valence-electron chi connectivity index (χ3n) is 5.38. The lowest BCUT2D eigenvalue weighted by molar-refractivity contribution is 0.238. The first-order valence-electron chi connectivity index (χ1n) is 10.0. The molecule has 1 aliphatic rings. The molecule has 0 bridgehead atoms. The van der Waals surface area contributed by atoms with Crippen LogP contribution in [0.3, 0.4) is 0 Å². The molecule has 7 heteroatoms. The van der Waals surface area contributed by atoms with Gasteiger partial charge >= 0.3 is 0 Å². The van der Waals surface area contributed by atoms with Crippen molar-refractivity contribution >= 4 is 41.3 Å². The van der Waals surface area contributed by atoms with E-state index in [1.165, 1.54) is 23.3 Å². The molecule has 160 valence electrons. The standard InChI is InChI=1S/C22H32N4OS.HI/c1-23-22(25(2)15-12-18-9-8-16-28-18)24-17-20(26-13-6-7-14-26)19-10-4-5-11-21(19)27-3;/h4-5,8-11,16,20H,6-7,12-15,17H2,1-3H3,(H,23,24);1H. The molecule has 3 rings (SSSR count). The summed E-state index contributed by atoms with van der Waals surface area (Å²) in [5.41, 5.74) is 1.25. The largest absolute Gasteiger partial charge is 0.496 e. The van der Waals surface area contributed by atoms with Crippen LogP contribution >= 0.6 is 35.3 Å². The molecule has 1 aromatic carbocycles. The number of hydrogen-bond donors (Lipinski definition) is 1. The van der Waals surface area contributed by atoms with Crippen LogP contribution in [0.2, 0.25) is 0 Å². The zero-order chi connectivity index (χ0) is 19.8.